The summed E-state index contributed by atoms with van der Waals surface area (Å²) in [5.41, 5.74) is 2.34. The number of piperidine rings is 1. The Kier molecular flexibility index (Phi) is 4.64. The Morgan fingerprint density at radius 1 is 1.21 bits per heavy atom. The van der Waals surface area contributed by atoms with Crippen LogP contribution in [0.5, 0.6) is 0 Å². The number of benzene rings is 1. The van der Waals surface area contributed by atoms with E-state index in [2.05, 4.69) is 14.9 Å². The fraction of sp³-hybridized carbons (Fsp3) is 0.381. The van der Waals surface area contributed by atoms with Crippen LogP contribution in [0.25, 0.3) is 11.2 Å². The number of amides is 1. The van der Waals surface area contributed by atoms with Crippen molar-refractivity contribution in [2.75, 3.05) is 27.2 Å². The molecule has 1 aliphatic rings. The maximum Gasteiger partial charge on any atom is 0.256 e. The Labute approximate surface area is 164 Å². The Balaban J connectivity index is 1.64. The number of imidazole rings is 1. The summed E-state index contributed by atoms with van der Waals surface area (Å²) in [6.45, 7) is 0.822. The monoisotopic (exact) mass is 379 g/mol. The van der Waals surface area contributed by atoms with Gasteiger partial charge >= 0.3 is 0 Å². The number of aliphatic hydroxyl groups is 1. The van der Waals surface area contributed by atoms with Gasteiger partial charge in [-0.1, -0.05) is 30.3 Å². The van der Waals surface area contributed by atoms with Gasteiger partial charge in [-0.2, -0.15) is 0 Å². The number of β-amino-alcohol motifs (C(OH)–C–C–N with tert-alkyl or cyclic N) is 1. The highest BCUT2D eigenvalue weighted by atomic mass is 16.3. The molecule has 3 aromatic rings. The van der Waals surface area contributed by atoms with E-state index in [-0.39, 0.29) is 12.5 Å². The topological polar surface area (TPSA) is 74.5 Å². The molecule has 1 aromatic carbocycles. The number of pyridine rings is 1. The number of likely N-dealkylation sites (tertiary alicyclic amines) is 1. The van der Waals surface area contributed by atoms with E-state index in [9.17, 15) is 9.90 Å². The van der Waals surface area contributed by atoms with Crippen LogP contribution in [-0.2, 0) is 12.6 Å². The number of carbonyl (C=O) groups excluding carboxylic acids is 1. The van der Waals surface area contributed by atoms with Gasteiger partial charge in [-0.3, -0.25) is 9.69 Å². The average molecular weight is 379 g/mol. The van der Waals surface area contributed by atoms with Crippen molar-refractivity contribution in [1.29, 1.82) is 0 Å². The quantitative estimate of drug-likeness (QED) is 0.749. The highest BCUT2D eigenvalue weighted by Gasteiger charge is 2.46. The lowest BCUT2D eigenvalue weighted by molar-refractivity contribution is -0.0611. The van der Waals surface area contributed by atoms with E-state index in [1.54, 1.807) is 28.1 Å². The number of hydrogen-bond acceptors (Lipinski definition) is 5. The van der Waals surface area contributed by atoms with E-state index in [4.69, 9.17) is 0 Å². The van der Waals surface area contributed by atoms with Crippen molar-refractivity contribution in [3.8, 4) is 0 Å². The summed E-state index contributed by atoms with van der Waals surface area (Å²) in [6, 6.07) is 11.7. The van der Waals surface area contributed by atoms with Gasteiger partial charge in [-0.05, 0) is 32.1 Å². The molecule has 0 bridgehead atoms. The number of rotatable bonds is 3. The summed E-state index contributed by atoms with van der Waals surface area (Å²) in [6.07, 6.45) is 3.23. The number of carbonyl (C=O) groups is 1. The average Bonchev–Trinajstić information content (AvgIpc) is 3.09. The number of likely N-dealkylation sites (N-methyl/N-ethyl adjacent to an activating group) is 1. The van der Waals surface area contributed by atoms with E-state index in [1.807, 2.05) is 51.5 Å². The number of fused-ring (bicyclic) bond motifs is 1. The first-order valence-electron chi connectivity index (χ1n) is 9.41. The number of nitrogens with zero attached hydrogens (tertiary/aromatic N) is 5. The lowest BCUT2D eigenvalue weighted by Crippen LogP contribution is -2.60. The zero-order chi connectivity index (χ0) is 19.9. The minimum absolute atomic E-state index is 0.120. The second-order valence-electron chi connectivity index (χ2n) is 7.59. The molecular formula is C21H25N5O2. The number of hydrogen-bond donors (Lipinski definition) is 1. The Bertz CT molecular complexity index is 1000. The van der Waals surface area contributed by atoms with Gasteiger partial charge in [0.05, 0.1) is 23.5 Å². The number of aromatic nitrogens is 3. The van der Waals surface area contributed by atoms with Crippen LogP contribution < -0.4 is 0 Å². The molecule has 7 nitrogen and oxygen atoms in total. The normalized spacial score (nSPS) is 22.8. The summed E-state index contributed by atoms with van der Waals surface area (Å²) in [7, 11) is 5.81. The third-order valence-corrected chi connectivity index (χ3v) is 5.90. The third kappa shape index (κ3) is 2.78. The smallest absolute Gasteiger partial charge is 0.256 e. The van der Waals surface area contributed by atoms with Crippen LogP contribution in [0.4, 0.5) is 0 Å². The molecule has 28 heavy (non-hydrogen) atoms. The van der Waals surface area contributed by atoms with E-state index < -0.39 is 11.6 Å². The van der Waals surface area contributed by atoms with Gasteiger partial charge in [-0.15, -0.1) is 0 Å². The molecule has 1 saturated heterocycles. The van der Waals surface area contributed by atoms with Crippen LogP contribution in [0.1, 0.15) is 22.3 Å². The minimum atomic E-state index is -0.705. The molecule has 146 valence electrons. The van der Waals surface area contributed by atoms with E-state index in [0.29, 0.717) is 29.7 Å². The van der Waals surface area contributed by atoms with Gasteiger partial charge in [0, 0.05) is 26.3 Å². The molecular weight excluding hydrogens is 354 g/mol. The first-order valence-corrected chi connectivity index (χ1v) is 9.41. The van der Waals surface area contributed by atoms with E-state index in [1.165, 1.54) is 0 Å². The van der Waals surface area contributed by atoms with Crippen LogP contribution >= 0.6 is 0 Å². The Hall–Kier alpha value is -2.77. The predicted molar refractivity (Wildman–Crippen MR) is 107 cm³/mol. The van der Waals surface area contributed by atoms with Gasteiger partial charge in [0.15, 0.2) is 5.65 Å². The highest BCUT2D eigenvalue weighted by molar-refractivity contribution is 6.04. The van der Waals surface area contributed by atoms with Crippen LogP contribution in [0.15, 0.2) is 48.9 Å². The molecule has 1 aliphatic heterocycles. The van der Waals surface area contributed by atoms with Crippen LogP contribution in [0, 0.1) is 0 Å². The summed E-state index contributed by atoms with van der Waals surface area (Å²) < 4.78 is 1.80. The van der Waals surface area contributed by atoms with Gasteiger partial charge in [0.25, 0.3) is 5.91 Å². The molecule has 0 spiro atoms. The van der Waals surface area contributed by atoms with Crippen molar-refractivity contribution in [1.82, 2.24) is 24.3 Å². The molecule has 0 unspecified atom stereocenters. The Morgan fingerprint density at radius 2 is 1.96 bits per heavy atom. The predicted octanol–water partition coefficient (Wildman–Crippen LogP) is 1.63. The molecule has 1 N–H and O–H groups in total. The molecule has 2 atom stereocenters. The zero-order valence-electron chi connectivity index (χ0n) is 16.4. The van der Waals surface area contributed by atoms with Crippen molar-refractivity contribution in [2.24, 2.45) is 7.05 Å². The zero-order valence-corrected chi connectivity index (χ0v) is 16.4. The van der Waals surface area contributed by atoms with Crippen molar-refractivity contribution >= 4 is 17.1 Å². The van der Waals surface area contributed by atoms with Crippen LogP contribution in [0.3, 0.4) is 0 Å². The maximum atomic E-state index is 13.2. The second kappa shape index (κ2) is 7.00. The van der Waals surface area contributed by atoms with Crippen molar-refractivity contribution in [2.45, 2.75) is 18.1 Å². The largest absolute Gasteiger partial charge is 0.389 e. The summed E-state index contributed by atoms with van der Waals surface area (Å²) in [5.74, 6) is -0.120. The summed E-state index contributed by atoms with van der Waals surface area (Å²) >= 11 is 0. The maximum absolute atomic E-state index is 13.2. The summed E-state index contributed by atoms with van der Waals surface area (Å²) in [4.78, 5) is 25.6. The van der Waals surface area contributed by atoms with Gasteiger partial charge in [-0.25, -0.2) is 9.97 Å². The molecule has 3 heterocycles. The lowest BCUT2D eigenvalue weighted by atomic mass is 9.77. The molecule has 0 radical (unpaired) electrons. The van der Waals surface area contributed by atoms with Gasteiger partial charge < -0.3 is 14.6 Å². The standard InChI is InChI=1S/C21H25N5O2/c1-24(2)21(15-7-5-4-6-8-15)10-12-26(13-17(21)27)20(28)16-9-11-22-19-18(16)23-14-25(19)3/h4-9,11,14,17,27H,10,12-13H2,1-3H3/t17-,21+/m1/s1. The molecule has 0 aliphatic carbocycles. The third-order valence-electron chi connectivity index (χ3n) is 5.90. The fourth-order valence-electron chi connectivity index (χ4n) is 4.32. The van der Waals surface area contributed by atoms with Crippen molar-refractivity contribution < 1.29 is 9.90 Å². The van der Waals surface area contributed by atoms with Gasteiger partial charge in [0.2, 0.25) is 0 Å². The second-order valence-corrected chi connectivity index (χ2v) is 7.59. The number of aryl methyl sites for hydroxylation is 1. The van der Waals surface area contributed by atoms with Crippen molar-refractivity contribution in [3.63, 3.8) is 0 Å². The first kappa shape index (κ1) is 18.6. The van der Waals surface area contributed by atoms with E-state index >= 15 is 0 Å². The lowest BCUT2D eigenvalue weighted by Gasteiger charge is -2.49. The highest BCUT2D eigenvalue weighted by Crippen LogP contribution is 2.38. The Morgan fingerprint density at radius 3 is 2.64 bits per heavy atom. The van der Waals surface area contributed by atoms with Crippen LogP contribution in [-0.4, -0.2) is 68.6 Å². The van der Waals surface area contributed by atoms with Crippen molar-refractivity contribution in [3.05, 3.63) is 60.0 Å². The fourth-order valence-corrected chi connectivity index (χ4v) is 4.32. The molecule has 1 fully saturated rings. The van der Waals surface area contributed by atoms with Crippen LogP contribution in [0.2, 0.25) is 0 Å². The molecule has 0 saturated carbocycles. The molecule has 7 heteroatoms. The van der Waals surface area contributed by atoms with Gasteiger partial charge in [0.1, 0.15) is 5.52 Å². The molecule has 4 rings (SSSR count). The molecule has 2 aromatic heterocycles. The number of aliphatic hydroxyl groups excluding tert-OH is 1. The molecule has 1 amide bonds. The first-order chi connectivity index (χ1) is 13.4. The summed E-state index contributed by atoms with van der Waals surface area (Å²) in [5, 5.41) is 11.2. The SMILES string of the molecule is CN(C)[C@]1(c2ccccc2)CCN(C(=O)c2ccnc3c2ncn3C)C[C@H]1O. The minimum Gasteiger partial charge on any atom is -0.389 e. The van der Waals surface area contributed by atoms with E-state index in [0.717, 1.165) is 5.56 Å².